The molecule has 5 nitrogen and oxygen atoms in total. The molecule has 0 bridgehead atoms. The molecule has 0 aliphatic heterocycles. The first-order valence-corrected chi connectivity index (χ1v) is 3.50. The van der Waals surface area contributed by atoms with E-state index in [4.69, 9.17) is 16.9 Å². The van der Waals surface area contributed by atoms with Crippen LogP contribution in [0.5, 0.6) is 0 Å². The Hall–Kier alpha value is -1.41. The van der Waals surface area contributed by atoms with Gasteiger partial charge in [-0.05, 0) is 11.6 Å². The largest absolute Gasteiger partial charge is 0.347 e. The van der Waals surface area contributed by atoms with Crippen molar-refractivity contribution in [2.75, 3.05) is 19.0 Å². The summed E-state index contributed by atoms with van der Waals surface area (Å²) in [5.41, 5.74) is 0. The van der Waals surface area contributed by atoms with Crippen molar-refractivity contribution in [1.29, 1.82) is 5.26 Å². The molecule has 0 N–H and O–H groups in total. The maximum atomic E-state index is 8.49. The number of nitrogens with zero attached hydrogens (tertiary/aromatic N) is 5. The van der Waals surface area contributed by atoms with Crippen LogP contribution < -0.4 is 4.90 Å². The van der Waals surface area contributed by atoms with Gasteiger partial charge in [0, 0.05) is 14.1 Å². The molecule has 0 aromatic carbocycles. The van der Waals surface area contributed by atoms with Crippen molar-refractivity contribution in [3.05, 3.63) is 11.1 Å². The van der Waals surface area contributed by atoms with Crippen molar-refractivity contribution in [3.63, 3.8) is 0 Å². The number of hydrogen-bond donors (Lipinski definition) is 0. The molecule has 0 saturated carbocycles. The maximum absolute atomic E-state index is 8.49. The first kappa shape index (κ1) is 8.68. The summed E-state index contributed by atoms with van der Waals surface area (Å²) in [6, 6.07) is 1.79. The Balaban J connectivity index is 3.17. The van der Waals surface area contributed by atoms with Gasteiger partial charge in [0.15, 0.2) is 0 Å². The van der Waals surface area contributed by atoms with E-state index in [-0.39, 0.29) is 11.1 Å². The van der Waals surface area contributed by atoms with Gasteiger partial charge in [-0.1, -0.05) is 0 Å². The van der Waals surface area contributed by atoms with Crippen LogP contribution in [-0.2, 0) is 0 Å². The molecule has 12 heavy (non-hydrogen) atoms. The van der Waals surface area contributed by atoms with Crippen LogP contribution in [0.2, 0.25) is 5.28 Å². The van der Waals surface area contributed by atoms with Crippen LogP contribution in [0.15, 0.2) is 0 Å². The second-order valence-electron chi connectivity index (χ2n) is 2.23. The SMILES string of the molecule is CN(C)c1nc(Cl)nc(C#N)n1. The minimum atomic E-state index is 0.0266. The van der Waals surface area contributed by atoms with E-state index in [1.165, 1.54) is 0 Å². The van der Waals surface area contributed by atoms with Gasteiger partial charge in [0.05, 0.1) is 0 Å². The first-order valence-electron chi connectivity index (χ1n) is 3.12. The van der Waals surface area contributed by atoms with Crippen LogP contribution in [0.3, 0.4) is 0 Å². The Morgan fingerprint density at radius 2 is 2.00 bits per heavy atom. The molecule has 1 aromatic rings. The third-order valence-corrected chi connectivity index (χ3v) is 1.27. The summed E-state index contributed by atoms with van der Waals surface area (Å²) in [6.45, 7) is 0. The fourth-order valence-corrected chi connectivity index (χ4v) is 0.745. The minimum Gasteiger partial charge on any atom is -0.347 e. The smallest absolute Gasteiger partial charge is 0.238 e. The van der Waals surface area contributed by atoms with Crippen LogP contribution >= 0.6 is 11.6 Å². The lowest BCUT2D eigenvalue weighted by atomic mass is 10.6. The third kappa shape index (κ3) is 1.80. The standard InChI is InChI=1S/C6H6ClN5/c1-12(2)6-10-4(3-8)9-5(7)11-6/h1-2H3. The number of rotatable bonds is 1. The molecule has 0 atom stereocenters. The molecule has 0 radical (unpaired) electrons. The zero-order valence-electron chi connectivity index (χ0n) is 6.61. The highest BCUT2D eigenvalue weighted by Gasteiger charge is 2.04. The predicted octanol–water partition coefficient (Wildman–Crippen LogP) is 0.463. The molecule has 6 heteroatoms. The van der Waals surface area contributed by atoms with E-state index in [2.05, 4.69) is 15.0 Å². The number of halogens is 1. The number of nitriles is 1. The molecule has 0 amide bonds. The van der Waals surface area contributed by atoms with Crippen LogP contribution in [0.1, 0.15) is 5.82 Å². The Kier molecular flexibility index (Phi) is 2.41. The van der Waals surface area contributed by atoms with Crippen LogP contribution in [-0.4, -0.2) is 29.0 Å². The van der Waals surface area contributed by atoms with E-state index in [1.807, 2.05) is 0 Å². The molecule has 0 unspecified atom stereocenters. The molecule has 62 valence electrons. The average molecular weight is 184 g/mol. The van der Waals surface area contributed by atoms with Gasteiger partial charge in [0.2, 0.25) is 17.1 Å². The lowest BCUT2D eigenvalue weighted by molar-refractivity contribution is 0.940. The molecule has 1 rings (SSSR count). The molecule has 0 aliphatic carbocycles. The Morgan fingerprint density at radius 3 is 2.50 bits per heavy atom. The van der Waals surface area contributed by atoms with Crippen molar-refractivity contribution in [1.82, 2.24) is 15.0 Å². The summed E-state index contributed by atoms with van der Waals surface area (Å²) in [7, 11) is 3.51. The molecule has 0 aliphatic rings. The van der Waals surface area contributed by atoms with E-state index in [0.29, 0.717) is 5.95 Å². The van der Waals surface area contributed by atoms with Crippen molar-refractivity contribution in [2.24, 2.45) is 0 Å². The number of aromatic nitrogens is 3. The molecule has 0 fully saturated rings. The highest BCUT2D eigenvalue weighted by Crippen LogP contribution is 2.06. The normalized spacial score (nSPS) is 9.17. The van der Waals surface area contributed by atoms with Gasteiger partial charge in [-0.2, -0.15) is 20.2 Å². The zero-order chi connectivity index (χ0) is 9.14. The molecular weight excluding hydrogens is 178 g/mol. The molecule has 1 aromatic heterocycles. The third-order valence-electron chi connectivity index (χ3n) is 1.10. The average Bonchev–Trinajstić information content (AvgIpc) is 2.03. The van der Waals surface area contributed by atoms with Gasteiger partial charge in [-0.25, -0.2) is 0 Å². The van der Waals surface area contributed by atoms with E-state index in [0.717, 1.165) is 0 Å². The van der Waals surface area contributed by atoms with E-state index >= 15 is 0 Å². The lowest BCUT2D eigenvalue weighted by Crippen LogP contribution is -2.14. The second-order valence-corrected chi connectivity index (χ2v) is 2.57. The molecule has 0 spiro atoms. The van der Waals surface area contributed by atoms with Crippen molar-refractivity contribution in [3.8, 4) is 6.07 Å². The van der Waals surface area contributed by atoms with E-state index in [1.54, 1.807) is 25.1 Å². The summed E-state index contributed by atoms with van der Waals surface area (Å²) in [5.74, 6) is 0.408. The Morgan fingerprint density at radius 1 is 1.33 bits per heavy atom. The van der Waals surface area contributed by atoms with Crippen LogP contribution in [0.25, 0.3) is 0 Å². The summed E-state index contributed by atoms with van der Waals surface area (Å²) < 4.78 is 0. The topological polar surface area (TPSA) is 65.7 Å². The summed E-state index contributed by atoms with van der Waals surface area (Å²) in [6.07, 6.45) is 0. The maximum Gasteiger partial charge on any atom is 0.238 e. The van der Waals surface area contributed by atoms with Gasteiger partial charge in [0.25, 0.3) is 0 Å². The summed E-state index contributed by atoms with van der Waals surface area (Å²) in [4.78, 5) is 12.8. The highest BCUT2D eigenvalue weighted by molar-refractivity contribution is 6.28. The Bertz CT molecular complexity index is 329. The zero-order valence-corrected chi connectivity index (χ0v) is 7.37. The quantitative estimate of drug-likeness (QED) is 0.633. The van der Waals surface area contributed by atoms with Crippen molar-refractivity contribution < 1.29 is 0 Å². The van der Waals surface area contributed by atoms with Gasteiger partial charge >= 0.3 is 0 Å². The van der Waals surface area contributed by atoms with Gasteiger partial charge in [-0.15, -0.1) is 0 Å². The van der Waals surface area contributed by atoms with Crippen LogP contribution in [0, 0.1) is 11.3 Å². The fourth-order valence-electron chi connectivity index (χ4n) is 0.590. The van der Waals surface area contributed by atoms with E-state index in [9.17, 15) is 0 Å². The van der Waals surface area contributed by atoms with E-state index < -0.39 is 0 Å². The predicted molar refractivity (Wildman–Crippen MR) is 43.9 cm³/mol. The minimum absolute atomic E-state index is 0.0266. The van der Waals surface area contributed by atoms with Crippen LogP contribution in [0.4, 0.5) is 5.95 Å². The second kappa shape index (κ2) is 3.32. The van der Waals surface area contributed by atoms with Crippen molar-refractivity contribution in [2.45, 2.75) is 0 Å². The molecule has 1 heterocycles. The number of anilines is 1. The first-order chi connectivity index (χ1) is 5.63. The fraction of sp³-hybridized carbons (Fsp3) is 0.333. The number of hydrogen-bond acceptors (Lipinski definition) is 5. The van der Waals surface area contributed by atoms with Crippen molar-refractivity contribution >= 4 is 17.5 Å². The van der Waals surface area contributed by atoms with Gasteiger partial charge in [-0.3, -0.25) is 0 Å². The van der Waals surface area contributed by atoms with Gasteiger partial charge in [0.1, 0.15) is 6.07 Å². The van der Waals surface area contributed by atoms with Gasteiger partial charge < -0.3 is 4.90 Å². The molecule has 0 saturated heterocycles. The Labute approximate surface area is 74.6 Å². The lowest BCUT2D eigenvalue weighted by Gasteiger charge is -2.08. The summed E-state index contributed by atoms with van der Waals surface area (Å²) in [5, 5.41) is 8.52. The monoisotopic (exact) mass is 183 g/mol. The highest BCUT2D eigenvalue weighted by atomic mass is 35.5. The molecular formula is C6H6ClN5. The summed E-state index contributed by atoms with van der Waals surface area (Å²) >= 11 is 5.53.